The summed E-state index contributed by atoms with van der Waals surface area (Å²) in [4.78, 5) is 29.5. The molecule has 0 spiro atoms. The number of thiazole rings is 1. The summed E-state index contributed by atoms with van der Waals surface area (Å²) < 4.78 is 7.18. The summed E-state index contributed by atoms with van der Waals surface area (Å²) in [6.07, 6.45) is 0.220. The van der Waals surface area contributed by atoms with E-state index in [0.29, 0.717) is 16.2 Å². The van der Waals surface area contributed by atoms with Crippen LogP contribution < -0.4 is 10.1 Å². The number of hydrogen-bond donors (Lipinski definition) is 2. The number of rotatable bonds is 7. The minimum Gasteiger partial charge on any atom is -0.485 e. The number of carbonyl (C=O) groups is 2. The quantitative estimate of drug-likeness (QED) is 0.365. The molecular weight excluding hydrogens is 448 g/mol. The van der Waals surface area contributed by atoms with Crippen LogP contribution >= 0.6 is 22.9 Å². The smallest absolute Gasteiger partial charge is 0.329 e. The molecule has 164 valence electrons. The standard InChI is InChI=1S/C24H21ClN2O4S/c1-3-24(2,23(29)30)27-22(28)16-12-17(25)14-8-4-5-9-15(14)21(16)31-13-20-26-18-10-6-7-11-19(18)32-20/h4-12H,3,13H2,1-2H3,(H,27,28)(H,29,30)/t24-/m1/s1. The Hall–Kier alpha value is -3.16. The molecule has 0 fully saturated rings. The number of halogens is 1. The first-order chi connectivity index (χ1) is 15.3. The van der Waals surface area contributed by atoms with Gasteiger partial charge in [-0.05, 0) is 31.5 Å². The first-order valence-electron chi connectivity index (χ1n) is 10.1. The second-order valence-electron chi connectivity index (χ2n) is 7.59. The normalized spacial score (nSPS) is 13.1. The van der Waals surface area contributed by atoms with Crippen LogP contribution in [0.25, 0.3) is 21.0 Å². The lowest BCUT2D eigenvalue weighted by atomic mass is 9.97. The Kier molecular flexibility index (Phi) is 6.04. The number of para-hydroxylation sites is 1. The molecule has 4 rings (SSSR count). The summed E-state index contributed by atoms with van der Waals surface area (Å²) >= 11 is 7.97. The monoisotopic (exact) mass is 468 g/mol. The van der Waals surface area contributed by atoms with Crippen LogP contribution in [0.15, 0.2) is 54.6 Å². The van der Waals surface area contributed by atoms with Crippen molar-refractivity contribution in [3.63, 3.8) is 0 Å². The second kappa shape index (κ2) is 8.76. The van der Waals surface area contributed by atoms with E-state index in [4.69, 9.17) is 16.3 Å². The first-order valence-corrected chi connectivity index (χ1v) is 11.3. The number of aliphatic carboxylic acids is 1. The van der Waals surface area contributed by atoms with Crippen molar-refractivity contribution >= 4 is 55.8 Å². The molecule has 8 heteroatoms. The molecule has 0 saturated carbocycles. The van der Waals surface area contributed by atoms with Crippen molar-refractivity contribution in [2.24, 2.45) is 0 Å². The van der Waals surface area contributed by atoms with Gasteiger partial charge in [0.1, 0.15) is 22.9 Å². The van der Waals surface area contributed by atoms with E-state index in [0.717, 1.165) is 20.6 Å². The fourth-order valence-corrected chi connectivity index (χ4v) is 4.51. The molecule has 4 aromatic rings. The molecule has 32 heavy (non-hydrogen) atoms. The summed E-state index contributed by atoms with van der Waals surface area (Å²) in [5.74, 6) is -1.34. The van der Waals surface area contributed by atoms with Gasteiger partial charge in [0.15, 0.2) is 0 Å². The largest absolute Gasteiger partial charge is 0.485 e. The summed E-state index contributed by atoms with van der Waals surface area (Å²) in [5, 5.41) is 14.7. The molecule has 1 aromatic heterocycles. The lowest BCUT2D eigenvalue weighted by Gasteiger charge is -2.25. The van der Waals surface area contributed by atoms with Crippen molar-refractivity contribution in [1.29, 1.82) is 0 Å². The number of carboxylic acid groups (broad SMARTS) is 1. The predicted octanol–water partition coefficient (Wildman–Crippen LogP) is 5.67. The Bertz CT molecular complexity index is 1300. The zero-order valence-electron chi connectivity index (χ0n) is 17.5. The summed E-state index contributed by atoms with van der Waals surface area (Å²) in [6, 6.07) is 16.7. The van der Waals surface area contributed by atoms with Gasteiger partial charge in [0, 0.05) is 15.8 Å². The molecule has 1 amide bonds. The summed E-state index contributed by atoms with van der Waals surface area (Å²) in [7, 11) is 0. The van der Waals surface area contributed by atoms with Crippen LogP contribution in [0.1, 0.15) is 35.6 Å². The number of amides is 1. The van der Waals surface area contributed by atoms with E-state index in [9.17, 15) is 14.7 Å². The molecule has 0 aliphatic carbocycles. The fourth-order valence-electron chi connectivity index (χ4n) is 3.36. The van der Waals surface area contributed by atoms with E-state index in [-0.39, 0.29) is 18.6 Å². The van der Waals surface area contributed by atoms with Crippen LogP contribution in [0, 0.1) is 0 Å². The lowest BCUT2D eigenvalue weighted by molar-refractivity contribution is -0.143. The van der Waals surface area contributed by atoms with Crippen molar-refractivity contribution in [2.75, 3.05) is 0 Å². The number of fused-ring (bicyclic) bond motifs is 2. The van der Waals surface area contributed by atoms with Gasteiger partial charge in [-0.25, -0.2) is 9.78 Å². The van der Waals surface area contributed by atoms with Gasteiger partial charge in [0.05, 0.1) is 15.8 Å². The summed E-state index contributed by atoms with van der Waals surface area (Å²) in [6.45, 7) is 3.33. The highest BCUT2D eigenvalue weighted by molar-refractivity contribution is 7.18. The minimum atomic E-state index is -1.42. The zero-order chi connectivity index (χ0) is 22.9. The molecule has 6 nitrogen and oxygen atoms in total. The number of carboxylic acids is 1. The number of benzene rings is 3. The van der Waals surface area contributed by atoms with Crippen LogP contribution in [0.5, 0.6) is 5.75 Å². The van der Waals surface area contributed by atoms with Crippen LogP contribution in [-0.2, 0) is 11.4 Å². The number of aromatic nitrogens is 1. The number of nitrogens with zero attached hydrogens (tertiary/aromatic N) is 1. The molecule has 2 N–H and O–H groups in total. The molecule has 1 atom stereocenters. The number of hydrogen-bond acceptors (Lipinski definition) is 5. The van der Waals surface area contributed by atoms with Gasteiger partial charge in [-0.15, -0.1) is 11.3 Å². The molecular formula is C24H21ClN2O4S. The van der Waals surface area contributed by atoms with E-state index in [1.165, 1.54) is 24.3 Å². The Morgan fingerprint density at radius 1 is 1.16 bits per heavy atom. The van der Waals surface area contributed by atoms with Crippen molar-refractivity contribution < 1.29 is 19.4 Å². The van der Waals surface area contributed by atoms with Gasteiger partial charge in [0.25, 0.3) is 5.91 Å². The highest BCUT2D eigenvalue weighted by atomic mass is 35.5. The third kappa shape index (κ3) is 4.13. The Balaban J connectivity index is 1.74. The van der Waals surface area contributed by atoms with Gasteiger partial charge in [-0.2, -0.15) is 0 Å². The highest BCUT2D eigenvalue weighted by Crippen LogP contribution is 2.36. The van der Waals surface area contributed by atoms with Crippen molar-refractivity contribution in [3.05, 3.63) is 70.2 Å². The third-order valence-electron chi connectivity index (χ3n) is 5.44. The van der Waals surface area contributed by atoms with Crippen molar-refractivity contribution in [1.82, 2.24) is 10.3 Å². The minimum absolute atomic E-state index is 0.162. The Morgan fingerprint density at radius 3 is 2.53 bits per heavy atom. The van der Waals surface area contributed by atoms with E-state index in [1.54, 1.807) is 6.92 Å². The topological polar surface area (TPSA) is 88.5 Å². The molecule has 0 bridgehead atoms. The number of ether oxygens (including phenoxy) is 1. The van der Waals surface area contributed by atoms with Crippen molar-refractivity contribution in [2.45, 2.75) is 32.4 Å². The van der Waals surface area contributed by atoms with Gasteiger partial charge < -0.3 is 15.2 Å². The van der Waals surface area contributed by atoms with Crippen LogP contribution in [0.3, 0.4) is 0 Å². The van der Waals surface area contributed by atoms with Crippen LogP contribution in [0.2, 0.25) is 5.02 Å². The molecule has 0 saturated heterocycles. The lowest BCUT2D eigenvalue weighted by Crippen LogP contribution is -2.51. The molecule has 0 aliphatic heterocycles. The zero-order valence-corrected chi connectivity index (χ0v) is 19.1. The van der Waals surface area contributed by atoms with Gasteiger partial charge >= 0.3 is 5.97 Å². The molecule has 0 radical (unpaired) electrons. The van der Waals surface area contributed by atoms with Crippen LogP contribution in [-0.4, -0.2) is 27.5 Å². The maximum Gasteiger partial charge on any atom is 0.329 e. The number of nitrogens with one attached hydrogen (secondary N) is 1. The Labute approximate surface area is 193 Å². The average molecular weight is 469 g/mol. The maximum atomic E-state index is 13.2. The van der Waals surface area contributed by atoms with Crippen molar-refractivity contribution in [3.8, 4) is 5.75 Å². The van der Waals surface area contributed by atoms with E-state index >= 15 is 0 Å². The van der Waals surface area contributed by atoms with E-state index in [2.05, 4.69) is 10.3 Å². The van der Waals surface area contributed by atoms with Gasteiger partial charge in [0.2, 0.25) is 0 Å². The molecule has 0 unspecified atom stereocenters. The van der Waals surface area contributed by atoms with E-state index < -0.39 is 17.4 Å². The SMILES string of the molecule is CC[C@@](C)(NC(=O)c1cc(Cl)c2ccccc2c1OCc1nc2ccccc2s1)C(=O)O. The average Bonchev–Trinajstić information content (AvgIpc) is 3.21. The second-order valence-corrected chi connectivity index (χ2v) is 9.11. The van der Waals surface area contributed by atoms with Gasteiger partial charge in [-0.3, -0.25) is 4.79 Å². The van der Waals surface area contributed by atoms with E-state index in [1.807, 2.05) is 48.5 Å². The fraction of sp³-hybridized carbons (Fsp3) is 0.208. The third-order valence-corrected chi connectivity index (χ3v) is 6.76. The molecule has 0 aliphatic rings. The highest BCUT2D eigenvalue weighted by Gasteiger charge is 2.34. The maximum absolute atomic E-state index is 13.2. The first kappa shape index (κ1) is 22.0. The predicted molar refractivity (Wildman–Crippen MR) is 127 cm³/mol. The van der Waals surface area contributed by atoms with Crippen LogP contribution in [0.4, 0.5) is 0 Å². The molecule has 3 aromatic carbocycles. The van der Waals surface area contributed by atoms with Gasteiger partial charge in [-0.1, -0.05) is 54.9 Å². The molecule has 1 heterocycles. The Morgan fingerprint density at radius 2 is 1.84 bits per heavy atom. The number of carbonyl (C=O) groups excluding carboxylic acids is 1. The summed E-state index contributed by atoms with van der Waals surface area (Å²) in [5.41, 5.74) is -0.356.